The van der Waals surface area contributed by atoms with E-state index in [2.05, 4.69) is 12.2 Å². The highest BCUT2D eigenvalue weighted by molar-refractivity contribution is 7.80. The fourth-order valence-electron chi connectivity index (χ4n) is 1.95. The first-order valence-corrected chi connectivity index (χ1v) is 8.52. The van der Waals surface area contributed by atoms with E-state index in [-0.39, 0.29) is 22.4 Å². The lowest BCUT2D eigenvalue weighted by atomic mass is 10.2. The summed E-state index contributed by atoms with van der Waals surface area (Å²) in [5.41, 5.74) is -0.864. The molecule has 0 aliphatic carbocycles. The summed E-state index contributed by atoms with van der Waals surface area (Å²) in [7, 11) is 0. The Kier molecular flexibility index (Phi) is 6.97. The van der Waals surface area contributed by atoms with Gasteiger partial charge in [0.15, 0.2) is 5.05 Å². The van der Waals surface area contributed by atoms with Crippen molar-refractivity contribution in [1.82, 2.24) is 0 Å². The molecule has 0 bridgehead atoms. The van der Waals surface area contributed by atoms with E-state index in [4.69, 9.17) is 37.8 Å². The van der Waals surface area contributed by atoms with Gasteiger partial charge in [0.05, 0.1) is 22.2 Å². The molecule has 0 unspecified atom stereocenters. The summed E-state index contributed by atoms with van der Waals surface area (Å²) in [6.45, 7) is 0.269. The van der Waals surface area contributed by atoms with Crippen molar-refractivity contribution in [1.29, 1.82) is 0 Å². The van der Waals surface area contributed by atoms with Crippen LogP contribution in [-0.4, -0.2) is 16.8 Å². The van der Waals surface area contributed by atoms with Crippen molar-refractivity contribution in [3.63, 3.8) is 0 Å². The minimum absolute atomic E-state index is 0.0681. The molecule has 0 spiro atoms. The number of benzene rings is 2. The van der Waals surface area contributed by atoms with Crippen LogP contribution in [0.2, 0.25) is 10.0 Å². The van der Waals surface area contributed by atoms with E-state index in [1.54, 1.807) is 0 Å². The number of aliphatic hydroxyl groups is 1. The van der Waals surface area contributed by atoms with Crippen molar-refractivity contribution in [2.75, 3.05) is 6.61 Å². The van der Waals surface area contributed by atoms with E-state index in [9.17, 15) is 13.2 Å². The minimum Gasteiger partial charge on any atom is -0.502 e. The average molecular weight is 425 g/mol. The van der Waals surface area contributed by atoms with Crippen LogP contribution in [0.3, 0.4) is 0 Å². The van der Waals surface area contributed by atoms with E-state index < -0.39 is 11.7 Å². The summed E-state index contributed by atoms with van der Waals surface area (Å²) in [4.78, 5) is 0. The predicted octanol–water partition coefficient (Wildman–Crippen LogP) is 6.85. The number of aliphatic hydroxyl groups excluding tert-OH is 1. The zero-order valence-corrected chi connectivity index (χ0v) is 15.5. The molecule has 0 aliphatic rings. The van der Waals surface area contributed by atoms with Gasteiger partial charge in [0.2, 0.25) is 0 Å². The molecule has 0 fully saturated rings. The second kappa shape index (κ2) is 8.79. The molecule has 0 amide bonds. The van der Waals surface area contributed by atoms with Gasteiger partial charge in [0.25, 0.3) is 0 Å². The Morgan fingerprint density at radius 2 is 1.77 bits per heavy atom. The summed E-state index contributed by atoms with van der Waals surface area (Å²) in [5.74, 6) is 0.693. The van der Waals surface area contributed by atoms with Crippen LogP contribution in [0.25, 0.3) is 0 Å². The topological polar surface area (TPSA) is 38.7 Å². The zero-order chi connectivity index (χ0) is 19.3. The van der Waals surface area contributed by atoms with Crippen molar-refractivity contribution in [2.45, 2.75) is 19.0 Å². The third-order valence-corrected chi connectivity index (χ3v) is 3.99. The first-order valence-electron chi connectivity index (χ1n) is 7.35. The molecule has 3 nitrogen and oxygen atoms in total. The largest absolute Gasteiger partial charge is 0.502 e. The summed E-state index contributed by atoms with van der Waals surface area (Å²) in [6, 6.07) is 7.37. The lowest BCUT2D eigenvalue weighted by Gasteiger charge is -2.13. The Balaban J connectivity index is 2.10. The molecule has 0 saturated carbocycles. The van der Waals surface area contributed by atoms with E-state index in [1.807, 2.05) is 0 Å². The van der Waals surface area contributed by atoms with Gasteiger partial charge in [0.1, 0.15) is 17.2 Å². The lowest BCUT2D eigenvalue weighted by Crippen LogP contribution is -2.04. The summed E-state index contributed by atoms with van der Waals surface area (Å²) in [5, 5.41) is 9.02. The monoisotopic (exact) mass is 424 g/mol. The normalized spacial score (nSPS) is 11.3. The highest BCUT2D eigenvalue weighted by Crippen LogP contribution is 2.38. The van der Waals surface area contributed by atoms with Gasteiger partial charge in [0, 0.05) is 12.5 Å². The third-order valence-electron chi connectivity index (χ3n) is 3.18. The molecule has 140 valence electrons. The highest BCUT2D eigenvalue weighted by Gasteiger charge is 2.31. The Bertz CT molecular complexity index is 797. The molecule has 0 radical (unpaired) electrons. The molecule has 0 aromatic heterocycles. The third kappa shape index (κ3) is 5.93. The van der Waals surface area contributed by atoms with Gasteiger partial charge in [-0.2, -0.15) is 13.2 Å². The molecule has 0 saturated heterocycles. The predicted molar refractivity (Wildman–Crippen MR) is 97.9 cm³/mol. The van der Waals surface area contributed by atoms with Crippen molar-refractivity contribution in [3.05, 3.63) is 52.0 Å². The SMILES string of the molecule is OC(=S)CCCOc1cc(Oc2ccc(C(F)(F)F)cc2Cl)ccc1Cl. The average Bonchev–Trinajstić information content (AvgIpc) is 2.55. The van der Waals surface area contributed by atoms with Crippen LogP contribution in [0.15, 0.2) is 36.4 Å². The summed E-state index contributed by atoms with van der Waals surface area (Å²) >= 11 is 16.5. The number of hydrogen-bond donors (Lipinski definition) is 1. The molecule has 26 heavy (non-hydrogen) atoms. The van der Waals surface area contributed by atoms with Gasteiger partial charge in [-0.1, -0.05) is 23.2 Å². The van der Waals surface area contributed by atoms with E-state index >= 15 is 0 Å². The van der Waals surface area contributed by atoms with Gasteiger partial charge in [-0.15, -0.1) is 0 Å². The van der Waals surface area contributed by atoms with Crippen molar-refractivity contribution in [3.8, 4) is 17.2 Å². The lowest BCUT2D eigenvalue weighted by molar-refractivity contribution is -0.137. The van der Waals surface area contributed by atoms with Crippen molar-refractivity contribution >= 4 is 40.5 Å². The van der Waals surface area contributed by atoms with Gasteiger partial charge in [-0.05, 0) is 49.0 Å². The fraction of sp³-hybridized carbons (Fsp3) is 0.235. The van der Waals surface area contributed by atoms with Crippen LogP contribution >= 0.6 is 35.4 Å². The smallest absolute Gasteiger partial charge is 0.416 e. The Morgan fingerprint density at radius 1 is 1.04 bits per heavy atom. The van der Waals surface area contributed by atoms with Crippen LogP contribution in [-0.2, 0) is 6.18 Å². The number of thiocarbonyl (C=S) groups is 1. The van der Waals surface area contributed by atoms with Gasteiger partial charge in [-0.3, -0.25) is 0 Å². The van der Waals surface area contributed by atoms with E-state index in [1.165, 1.54) is 18.2 Å². The number of ether oxygens (including phenoxy) is 2. The summed E-state index contributed by atoms with van der Waals surface area (Å²) < 4.78 is 49.0. The number of hydrogen-bond acceptors (Lipinski definition) is 3. The molecular formula is C17H13Cl2F3O3S. The Morgan fingerprint density at radius 3 is 2.38 bits per heavy atom. The molecule has 2 aromatic carbocycles. The van der Waals surface area contributed by atoms with Crippen LogP contribution in [0.4, 0.5) is 13.2 Å². The number of rotatable bonds is 7. The first kappa shape index (κ1) is 20.6. The maximum Gasteiger partial charge on any atom is 0.416 e. The van der Waals surface area contributed by atoms with Crippen LogP contribution < -0.4 is 9.47 Å². The van der Waals surface area contributed by atoms with Crippen molar-refractivity contribution in [2.24, 2.45) is 0 Å². The molecule has 0 atom stereocenters. The van der Waals surface area contributed by atoms with E-state index in [0.29, 0.717) is 29.4 Å². The molecule has 2 aromatic rings. The highest BCUT2D eigenvalue weighted by atomic mass is 35.5. The molecule has 2 rings (SSSR count). The second-order valence-electron chi connectivity index (χ2n) is 5.18. The quantitative estimate of drug-likeness (QED) is 0.389. The Hall–Kier alpha value is -1.70. The standard InChI is InChI=1S/C17H13Cl2F3O3S/c18-12-5-4-11(9-15(12)24-7-1-2-16(23)26)25-14-6-3-10(8-13(14)19)17(20,21)22/h3-6,8-9H,1-2,7H2,(H,23,26). The maximum absolute atomic E-state index is 12.7. The molecular weight excluding hydrogens is 412 g/mol. The van der Waals surface area contributed by atoms with Gasteiger partial charge in [-0.25, -0.2) is 0 Å². The van der Waals surface area contributed by atoms with Gasteiger partial charge >= 0.3 is 6.18 Å². The molecule has 1 N–H and O–H groups in total. The van der Waals surface area contributed by atoms with Crippen LogP contribution in [0.5, 0.6) is 17.2 Å². The minimum atomic E-state index is -4.49. The molecule has 0 aliphatic heterocycles. The number of halogens is 5. The summed E-state index contributed by atoms with van der Waals surface area (Å²) in [6.07, 6.45) is -3.66. The van der Waals surface area contributed by atoms with Crippen LogP contribution in [0.1, 0.15) is 18.4 Å². The molecule has 9 heteroatoms. The van der Waals surface area contributed by atoms with Crippen LogP contribution in [0, 0.1) is 0 Å². The van der Waals surface area contributed by atoms with Crippen molar-refractivity contribution < 1.29 is 27.8 Å². The molecule has 0 heterocycles. The second-order valence-corrected chi connectivity index (χ2v) is 6.47. The Labute approximate surface area is 163 Å². The van der Waals surface area contributed by atoms with E-state index in [0.717, 1.165) is 18.2 Å². The number of alkyl halides is 3. The first-order chi connectivity index (χ1) is 12.2. The van der Waals surface area contributed by atoms with Gasteiger partial charge < -0.3 is 14.6 Å². The zero-order valence-electron chi connectivity index (χ0n) is 13.1. The maximum atomic E-state index is 12.7. The fourth-order valence-corrected chi connectivity index (χ4v) is 2.49.